The van der Waals surface area contributed by atoms with Gasteiger partial charge in [-0.1, -0.05) is 0 Å². The van der Waals surface area contributed by atoms with Crippen LogP contribution in [0.15, 0.2) is 36.4 Å². The third kappa shape index (κ3) is 5.43. The molecule has 0 unspecified atom stereocenters. The minimum atomic E-state index is -0.628. The Morgan fingerprint density at radius 1 is 1.10 bits per heavy atom. The first-order valence-electron chi connectivity index (χ1n) is 10.1. The number of nitrogens with zero attached hydrogens (tertiary/aromatic N) is 1. The molecule has 1 heterocycles. The highest BCUT2D eigenvalue weighted by Crippen LogP contribution is 2.33. The molecule has 30 heavy (non-hydrogen) atoms. The molecule has 2 aromatic carbocycles. The van der Waals surface area contributed by atoms with Crippen molar-refractivity contribution in [1.29, 1.82) is 0 Å². The van der Waals surface area contributed by atoms with Crippen LogP contribution < -0.4 is 14.2 Å². The molecule has 7 nitrogen and oxygen atoms in total. The lowest BCUT2D eigenvalue weighted by molar-refractivity contribution is 0.0525. The zero-order valence-electron chi connectivity index (χ0n) is 17.7. The van der Waals surface area contributed by atoms with Crippen molar-refractivity contribution in [3.8, 4) is 17.2 Å². The number of methoxy groups -OCH3 is 2. The Bertz CT molecular complexity index is 852. The third-order valence-corrected chi connectivity index (χ3v) is 5.07. The standard InChI is InChI=1S/C23H29NO6/c1-4-29-23(26)16-5-7-20(8-6-16)30-15-19(25)14-24-10-9-17-11-21(27-2)22(28-3)12-18(17)13-24/h5-8,11-12,19,25H,4,9-10,13-15H2,1-3H3/t19-/m0/s1. The van der Waals surface area contributed by atoms with Crippen molar-refractivity contribution < 1.29 is 28.8 Å². The normalized spacial score (nSPS) is 14.5. The summed E-state index contributed by atoms with van der Waals surface area (Å²) in [5.74, 6) is 1.70. The van der Waals surface area contributed by atoms with Crippen molar-refractivity contribution in [3.63, 3.8) is 0 Å². The lowest BCUT2D eigenvalue weighted by atomic mass is 9.98. The van der Waals surface area contributed by atoms with E-state index in [1.165, 1.54) is 11.1 Å². The summed E-state index contributed by atoms with van der Waals surface area (Å²) in [6.45, 7) is 4.38. The number of rotatable bonds is 9. The number of β-amino-alcohol motifs (C(OH)–C–C–N with tert-alkyl or cyclic N) is 1. The maximum absolute atomic E-state index is 11.7. The van der Waals surface area contributed by atoms with Crippen LogP contribution in [0, 0.1) is 0 Å². The Labute approximate surface area is 177 Å². The number of ether oxygens (including phenoxy) is 4. The second kappa shape index (κ2) is 10.3. The molecular weight excluding hydrogens is 386 g/mol. The van der Waals surface area contributed by atoms with Crippen LogP contribution in [0.4, 0.5) is 0 Å². The Balaban J connectivity index is 1.51. The second-order valence-corrected chi connectivity index (χ2v) is 7.17. The predicted molar refractivity (Wildman–Crippen MR) is 112 cm³/mol. The largest absolute Gasteiger partial charge is 0.493 e. The number of carbonyl (C=O) groups excluding carboxylic acids is 1. The van der Waals surface area contributed by atoms with E-state index in [1.54, 1.807) is 45.4 Å². The van der Waals surface area contributed by atoms with Gasteiger partial charge in [-0.05, 0) is 60.9 Å². The molecule has 1 aliphatic rings. The van der Waals surface area contributed by atoms with Crippen molar-refractivity contribution in [2.45, 2.75) is 26.0 Å². The van der Waals surface area contributed by atoms with Crippen LogP contribution in [0.25, 0.3) is 0 Å². The van der Waals surface area contributed by atoms with E-state index < -0.39 is 6.10 Å². The van der Waals surface area contributed by atoms with Gasteiger partial charge in [-0.3, -0.25) is 4.90 Å². The molecule has 0 saturated heterocycles. The van der Waals surface area contributed by atoms with Gasteiger partial charge < -0.3 is 24.1 Å². The first-order chi connectivity index (χ1) is 14.5. The van der Waals surface area contributed by atoms with Crippen molar-refractivity contribution >= 4 is 5.97 Å². The average Bonchev–Trinajstić information content (AvgIpc) is 2.77. The van der Waals surface area contributed by atoms with Gasteiger partial charge in [0.05, 0.1) is 26.4 Å². The number of aliphatic hydroxyl groups is 1. The predicted octanol–water partition coefficient (Wildman–Crippen LogP) is 2.68. The number of hydrogen-bond donors (Lipinski definition) is 1. The number of fused-ring (bicyclic) bond motifs is 1. The summed E-state index contributed by atoms with van der Waals surface area (Å²) < 4.78 is 21.4. The maximum Gasteiger partial charge on any atom is 0.338 e. The van der Waals surface area contributed by atoms with Gasteiger partial charge in [0, 0.05) is 19.6 Å². The molecule has 1 atom stereocenters. The molecule has 3 rings (SSSR count). The summed E-state index contributed by atoms with van der Waals surface area (Å²) in [4.78, 5) is 13.9. The molecule has 1 aliphatic heterocycles. The lowest BCUT2D eigenvalue weighted by Crippen LogP contribution is -2.38. The highest BCUT2D eigenvalue weighted by atomic mass is 16.5. The van der Waals surface area contributed by atoms with E-state index in [-0.39, 0.29) is 12.6 Å². The van der Waals surface area contributed by atoms with Crippen molar-refractivity contribution in [1.82, 2.24) is 4.90 Å². The molecule has 0 amide bonds. The molecule has 0 aromatic heterocycles. The minimum absolute atomic E-state index is 0.175. The Morgan fingerprint density at radius 2 is 1.77 bits per heavy atom. The van der Waals surface area contributed by atoms with Crippen LogP contribution in [0.2, 0.25) is 0 Å². The molecular formula is C23H29NO6. The van der Waals surface area contributed by atoms with E-state index in [2.05, 4.69) is 4.90 Å². The van der Waals surface area contributed by atoms with E-state index in [0.29, 0.717) is 30.2 Å². The molecule has 0 bridgehead atoms. The Hall–Kier alpha value is -2.77. The van der Waals surface area contributed by atoms with Crippen LogP contribution in [0.5, 0.6) is 17.2 Å². The average molecular weight is 415 g/mol. The monoisotopic (exact) mass is 415 g/mol. The molecule has 7 heteroatoms. The van der Waals surface area contributed by atoms with E-state index in [0.717, 1.165) is 25.3 Å². The summed E-state index contributed by atoms with van der Waals surface area (Å²) in [6, 6.07) is 10.8. The fourth-order valence-corrected chi connectivity index (χ4v) is 3.54. The van der Waals surface area contributed by atoms with Crippen LogP contribution in [-0.4, -0.2) is 62.6 Å². The third-order valence-electron chi connectivity index (χ3n) is 5.07. The van der Waals surface area contributed by atoms with E-state index >= 15 is 0 Å². The second-order valence-electron chi connectivity index (χ2n) is 7.17. The van der Waals surface area contributed by atoms with E-state index in [4.69, 9.17) is 18.9 Å². The van der Waals surface area contributed by atoms with Gasteiger partial charge in [0.2, 0.25) is 0 Å². The zero-order valence-corrected chi connectivity index (χ0v) is 17.7. The van der Waals surface area contributed by atoms with Gasteiger partial charge in [0.15, 0.2) is 11.5 Å². The topological polar surface area (TPSA) is 77.5 Å². The molecule has 0 aliphatic carbocycles. The number of carbonyl (C=O) groups is 1. The van der Waals surface area contributed by atoms with Crippen LogP contribution in [-0.2, 0) is 17.7 Å². The number of esters is 1. The smallest absolute Gasteiger partial charge is 0.338 e. The van der Waals surface area contributed by atoms with Gasteiger partial charge in [-0.15, -0.1) is 0 Å². The molecule has 0 spiro atoms. The number of benzene rings is 2. The van der Waals surface area contributed by atoms with Crippen LogP contribution >= 0.6 is 0 Å². The highest BCUT2D eigenvalue weighted by Gasteiger charge is 2.21. The van der Waals surface area contributed by atoms with Crippen LogP contribution in [0.1, 0.15) is 28.4 Å². The van der Waals surface area contributed by atoms with Crippen molar-refractivity contribution in [2.75, 3.05) is 40.5 Å². The minimum Gasteiger partial charge on any atom is -0.493 e. The molecule has 0 saturated carbocycles. The highest BCUT2D eigenvalue weighted by molar-refractivity contribution is 5.89. The summed E-state index contributed by atoms with van der Waals surface area (Å²) in [7, 11) is 3.27. The van der Waals surface area contributed by atoms with Gasteiger partial charge in [-0.25, -0.2) is 4.79 Å². The lowest BCUT2D eigenvalue weighted by Gasteiger charge is -2.31. The number of hydrogen-bond acceptors (Lipinski definition) is 7. The summed E-state index contributed by atoms with van der Waals surface area (Å²) in [5, 5.41) is 10.4. The summed E-state index contributed by atoms with van der Waals surface area (Å²) >= 11 is 0. The molecule has 1 N–H and O–H groups in total. The fourth-order valence-electron chi connectivity index (χ4n) is 3.54. The maximum atomic E-state index is 11.7. The SMILES string of the molecule is CCOC(=O)c1ccc(OC[C@@H](O)CN2CCc3cc(OC)c(OC)cc3C2)cc1. The number of aliphatic hydroxyl groups excluding tert-OH is 1. The van der Waals surface area contributed by atoms with E-state index in [1.807, 2.05) is 12.1 Å². The first kappa shape index (κ1) is 21.9. The van der Waals surface area contributed by atoms with Gasteiger partial charge in [0.25, 0.3) is 0 Å². The molecule has 0 radical (unpaired) electrons. The quantitative estimate of drug-likeness (QED) is 0.631. The Morgan fingerprint density at radius 3 is 2.40 bits per heavy atom. The zero-order chi connectivity index (χ0) is 21.5. The van der Waals surface area contributed by atoms with Crippen LogP contribution in [0.3, 0.4) is 0 Å². The Kier molecular flexibility index (Phi) is 7.54. The van der Waals surface area contributed by atoms with Gasteiger partial charge in [0.1, 0.15) is 18.5 Å². The van der Waals surface area contributed by atoms with E-state index in [9.17, 15) is 9.90 Å². The fraction of sp³-hybridized carbons (Fsp3) is 0.435. The molecule has 0 fully saturated rings. The van der Waals surface area contributed by atoms with Gasteiger partial charge in [-0.2, -0.15) is 0 Å². The van der Waals surface area contributed by atoms with Crippen molar-refractivity contribution in [3.05, 3.63) is 53.1 Å². The summed E-state index contributed by atoms with van der Waals surface area (Å²) in [6.07, 6.45) is 0.259. The summed E-state index contributed by atoms with van der Waals surface area (Å²) in [5.41, 5.74) is 2.90. The first-order valence-corrected chi connectivity index (χ1v) is 10.1. The van der Waals surface area contributed by atoms with Crippen molar-refractivity contribution in [2.24, 2.45) is 0 Å². The van der Waals surface area contributed by atoms with Gasteiger partial charge >= 0.3 is 5.97 Å². The molecule has 2 aromatic rings. The molecule has 162 valence electrons.